The Morgan fingerprint density at radius 2 is 2.20 bits per heavy atom. The van der Waals surface area contributed by atoms with Crippen LogP contribution in [-0.2, 0) is 5.75 Å². The highest BCUT2D eigenvalue weighted by molar-refractivity contribution is 7.98. The lowest BCUT2D eigenvalue weighted by atomic mass is 10.1. The zero-order chi connectivity index (χ0) is 10.9. The lowest BCUT2D eigenvalue weighted by Gasteiger charge is -2.04. The minimum Gasteiger partial charge on any atom is -0.157 e. The van der Waals surface area contributed by atoms with Crippen molar-refractivity contribution in [2.24, 2.45) is 5.11 Å². The van der Waals surface area contributed by atoms with E-state index < -0.39 is 0 Å². The van der Waals surface area contributed by atoms with Crippen LogP contribution in [-0.4, -0.2) is 12.3 Å². The quantitative estimate of drug-likeness (QED) is 0.311. The number of rotatable bonds is 6. The van der Waals surface area contributed by atoms with E-state index in [9.17, 15) is 0 Å². The van der Waals surface area contributed by atoms with Crippen LogP contribution in [0.3, 0.4) is 0 Å². The van der Waals surface area contributed by atoms with Crippen LogP contribution in [0.4, 0.5) is 0 Å². The predicted octanol–water partition coefficient (Wildman–Crippen LogP) is 3.93. The number of benzene rings is 1. The molecule has 0 unspecified atom stereocenters. The summed E-state index contributed by atoms with van der Waals surface area (Å²) in [5.41, 5.74) is 10.8. The average molecular weight is 221 g/mol. The molecule has 0 saturated carbocycles. The lowest BCUT2D eigenvalue weighted by Crippen LogP contribution is -1.88. The second kappa shape index (κ2) is 7.21. The van der Waals surface area contributed by atoms with Crippen LogP contribution in [0.25, 0.3) is 10.4 Å². The van der Waals surface area contributed by atoms with E-state index in [0.29, 0.717) is 6.54 Å². The van der Waals surface area contributed by atoms with Crippen molar-refractivity contribution < 1.29 is 0 Å². The molecule has 0 saturated heterocycles. The maximum Gasteiger partial charge on any atom is 0.0265 e. The Morgan fingerprint density at radius 1 is 1.40 bits per heavy atom. The second-order valence-corrected chi connectivity index (χ2v) is 4.39. The molecule has 0 aliphatic carbocycles. The van der Waals surface area contributed by atoms with Crippen molar-refractivity contribution in [3.8, 4) is 0 Å². The Kier molecular flexibility index (Phi) is 5.74. The van der Waals surface area contributed by atoms with Crippen molar-refractivity contribution in [3.05, 3.63) is 45.8 Å². The highest BCUT2D eigenvalue weighted by Crippen LogP contribution is 2.16. The zero-order valence-electron chi connectivity index (χ0n) is 8.89. The number of hydrogen-bond acceptors (Lipinski definition) is 2. The van der Waals surface area contributed by atoms with Gasteiger partial charge in [0.25, 0.3) is 0 Å². The van der Waals surface area contributed by atoms with Crippen LogP contribution in [0.1, 0.15) is 17.5 Å². The van der Waals surface area contributed by atoms with E-state index in [4.69, 9.17) is 5.53 Å². The van der Waals surface area contributed by atoms with Crippen molar-refractivity contribution in [1.82, 2.24) is 0 Å². The number of thioether (sulfide) groups is 1. The Labute approximate surface area is 94.5 Å². The number of hydrogen-bond donors (Lipinski definition) is 0. The fourth-order valence-electron chi connectivity index (χ4n) is 1.24. The lowest BCUT2D eigenvalue weighted by molar-refractivity contribution is 0.931. The first kappa shape index (κ1) is 12.0. The normalized spacial score (nSPS) is 9.67. The summed E-state index contributed by atoms with van der Waals surface area (Å²) in [5.74, 6) is 2.09. The molecule has 3 nitrogen and oxygen atoms in total. The van der Waals surface area contributed by atoms with E-state index in [1.165, 1.54) is 11.1 Å². The number of nitrogens with zero attached hydrogens (tertiary/aromatic N) is 3. The van der Waals surface area contributed by atoms with E-state index in [-0.39, 0.29) is 0 Å². The molecule has 0 aliphatic rings. The molecule has 0 atom stereocenters. The molecule has 4 heteroatoms. The molecule has 0 bridgehead atoms. The van der Waals surface area contributed by atoms with E-state index in [0.717, 1.165) is 17.9 Å². The number of azide groups is 1. The molecule has 0 aromatic heterocycles. The fraction of sp³-hybridized carbons (Fsp3) is 0.455. The predicted molar refractivity (Wildman–Crippen MR) is 66.0 cm³/mol. The molecule has 0 N–H and O–H groups in total. The molecular weight excluding hydrogens is 206 g/mol. The smallest absolute Gasteiger partial charge is 0.0265 e. The standard InChI is InChI=1S/C11H15N3S/c1-10-5-2-3-6-11(10)9-15-8-4-7-13-14-12/h2-3,5-6H,4,7-9H2,1H3. The van der Waals surface area contributed by atoms with Gasteiger partial charge in [-0.05, 0) is 35.8 Å². The molecule has 15 heavy (non-hydrogen) atoms. The van der Waals surface area contributed by atoms with Gasteiger partial charge in [0.1, 0.15) is 0 Å². The van der Waals surface area contributed by atoms with E-state index in [1.807, 2.05) is 11.8 Å². The summed E-state index contributed by atoms with van der Waals surface area (Å²) < 4.78 is 0. The summed E-state index contributed by atoms with van der Waals surface area (Å²) in [6, 6.07) is 8.43. The van der Waals surface area contributed by atoms with Gasteiger partial charge in [0.15, 0.2) is 0 Å². The average Bonchev–Trinajstić information content (AvgIpc) is 2.25. The molecular formula is C11H15N3S. The summed E-state index contributed by atoms with van der Waals surface area (Å²) in [6.07, 6.45) is 0.959. The monoisotopic (exact) mass is 221 g/mol. The first-order valence-corrected chi connectivity index (χ1v) is 6.13. The summed E-state index contributed by atoms with van der Waals surface area (Å²) in [7, 11) is 0. The Balaban J connectivity index is 2.20. The van der Waals surface area contributed by atoms with Gasteiger partial charge >= 0.3 is 0 Å². The highest BCUT2D eigenvalue weighted by Gasteiger charge is 1.96. The van der Waals surface area contributed by atoms with Crippen LogP contribution in [0, 0.1) is 6.92 Å². The minimum absolute atomic E-state index is 0.608. The minimum atomic E-state index is 0.608. The van der Waals surface area contributed by atoms with Crippen molar-refractivity contribution in [2.75, 3.05) is 12.3 Å². The Morgan fingerprint density at radius 3 is 2.93 bits per heavy atom. The van der Waals surface area contributed by atoms with Gasteiger partial charge in [0.2, 0.25) is 0 Å². The molecule has 0 amide bonds. The summed E-state index contributed by atoms with van der Waals surface area (Å²) in [5, 5.41) is 3.50. The van der Waals surface area contributed by atoms with Gasteiger partial charge < -0.3 is 0 Å². The van der Waals surface area contributed by atoms with Crippen molar-refractivity contribution >= 4 is 11.8 Å². The van der Waals surface area contributed by atoms with E-state index in [1.54, 1.807) is 0 Å². The Bertz CT molecular complexity index is 345. The zero-order valence-corrected chi connectivity index (χ0v) is 9.70. The van der Waals surface area contributed by atoms with Crippen LogP contribution >= 0.6 is 11.8 Å². The van der Waals surface area contributed by atoms with Gasteiger partial charge in [-0.2, -0.15) is 11.8 Å². The molecule has 0 spiro atoms. The van der Waals surface area contributed by atoms with Gasteiger partial charge in [0.05, 0.1) is 0 Å². The molecule has 0 radical (unpaired) electrons. The van der Waals surface area contributed by atoms with Crippen LogP contribution in [0.2, 0.25) is 0 Å². The maximum absolute atomic E-state index is 8.09. The molecule has 0 aliphatic heterocycles. The van der Waals surface area contributed by atoms with Crippen molar-refractivity contribution in [1.29, 1.82) is 0 Å². The highest BCUT2D eigenvalue weighted by atomic mass is 32.2. The first-order valence-electron chi connectivity index (χ1n) is 4.97. The van der Waals surface area contributed by atoms with Crippen molar-refractivity contribution in [2.45, 2.75) is 19.1 Å². The molecule has 80 valence electrons. The van der Waals surface area contributed by atoms with Crippen LogP contribution in [0.5, 0.6) is 0 Å². The van der Waals surface area contributed by atoms with Crippen molar-refractivity contribution in [3.63, 3.8) is 0 Å². The summed E-state index contributed by atoms with van der Waals surface area (Å²) in [4.78, 5) is 2.72. The largest absolute Gasteiger partial charge is 0.157 e. The molecule has 0 fully saturated rings. The van der Waals surface area contributed by atoms with Crippen LogP contribution in [0.15, 0.2) is 29.4 Å². The third-order valence-electron chi connectivity index (χ3n) is 2.13. The Hall–Kier alpha value is -1.12. The van der Waals surface area contributed by atoms with E-state index in [2.05, 4.69) is 41.2 Å². The van der Waals surface area contributed by atoms with Gasteiger partial charge in [-0.1, -0.05) is 29.4 Å². The molecule has 1 rings (SSSR count). The van der Waals surface area contributed by atoms with Crippen LogP contribution < -0.4 is 0 Å². The molecule has 0 heterocycles. The third-order valence-corrected chi connectivity index (χ3v) is 3.22. The van der Waals surface area contributed by atoms with Gasteiger partial charge in [-0.15, -0.1) is 0 Å². The van der Waals surface area contributed by atoms with E-state index >= 15 is 0 Å². The first-order chi connectivity index (χ1) is 7.34. The third kappa shape index (κ3) is 4.77. The maximum atomic E-state index is 8.09. The number of aryl methyl sites for hydroxylation is 1. The molecule has 1 aromatic carbocycles. The van der Waals surface area contributed by atoms with Gasteiger partial charge in [-0.3, -0.25) is 0 Å². The summed E-state index contributed by atoms with van der Waals surface area (Å²) in [6.45, 7) is 2.74. The van der Waals surface area contributed by atoms with Gasteiger partial charge in [0, 0.05) is 17.2 Å². The van der Waals surface area contributed by atoms with Gasteiger partial charge in [-0.25, -0.2) is 0 Å². The summed E-state index contributed by atoms with van der Waals surface area (Å²) >= 11 is 1.89. The molecule has 1 aromatic rings. The SMILES string of the molecule is Cc1ccccc1CSCCCN=[N+]=[N-]. The second-order valence-electron chi connectivity index (χ2n) is 3.29. The fourth-order valence-corrected chi connectivity index (χ4v) is 2.26. The topological polar surface area (TPSA) is 48.8 Å².